The fraction of sp³-hybridized carbons (Fsp3) is 0.447. The zero-order chi connectivity index (χ0) is 44.1. The molecule has 0 aromatic heterocycles. The van der Waals surface area contributed by atoms with Crippen LogP contribution in [0.25, 0.3) is 0 Å². The number of rotatable bonds is 10. The topological polar surface area (TPSA) is 201 Å². The predicted molar refractivity (Wildman–Crippen MR) is 216 cm³/mol. The van der Waals surface area contributed by atoms with Crippen LogP contribution in [0.1, 0.15) is 93.1 Å². The van der Waals surface area contributed by atoms with Crippen molar-refractivity contribution in [1.29, 1.82) is 0 Å². The van der Waals surface area contributed by atoms with E-state index in [0.717, 1.165) is 6.92 Å². The molecule has 1 saturated heterocycles. The van der Waals surface area contributed by atoms with E-state index in [1.165, 1.54) is 26.0 Å². The van der Waals surface area contributed by atoms with E-state index in [9.17, 15) is 34.2 Å². The number of ketones is 1. The van der Waals surface area contributed by atoms with Crippen LogP contribution in [0.3, 0.4) is 0 Å². The van der Waals surface area contributed by atoms with Gasteiger partial charge in [0.2, 0.25) is 0 Å². The summed E-state index contributed by atoms with van der Waals surface area (Å²) in [5.41, 5.74) is -6.17. The lowest BCUT2D eigenvalue weighted by Gasteiger charge is -2.67. The zero-order valence-electron chi connectivity index (χ0n) is 34.9. The van der Waals surface area contributed by atoms with Crippen molar-refractivity contribution in [3.05, 3.63) is 119 Å². The molecule has 14 nitrogen and oxygen atoms in total. The largest absolute Gasteiger partial charge is 0.458 e. The van der Waals surface area contributed by atoms with Gasteiger partial charge < -0.3 is 39.2 Å². The summed E-state index contributed by atoms with van der Waals surface area (Å²) in [6.45, 7) is 8.27. The summed E-state index contributed by atoms with van der Waals surface area (Å²) in [4.78, 5) is 83.3. The van der Waals surface area contributed by atoms with E-state index in [2.05, 4.69) is 5.32 Å². The highest BCUT2D eigenvalue weighted by Crippen LogP contribution is 2.64. The van der Waals surface area contributed by atoms with Crippen molar-refractivity contribution in [3.8, 4) is 0 Å². The third kappa shape index (κ3) is 7.44. The minimum Gasteiger partial charge on any atom is -0.458 e. The van der Waals surface area contributed by atoms with Gasteiger partial charge in [-0.1, -0.05) is 80.6 Å². The molecule has 7 rings (SSSR count). The van der Waals surface area contributed by atoms with E-state index in [1.54, 1.807) is 99.6 Å². The normalized spacial score (nSPS) is 31.6. The van der Waals surface area contributed by atoms with Gasteiger partial charge in [-0.3, -0.25) is 24.0 Å². The van der Waals surface area contributed by atoms with Gasteiger partial charge in [0, 0.05) is 37.7 Å². The van der Waals surface area contributed by atoms with Gasteiger partial charge in [-0.25, -0.2) is 4.79 Å². The minimum atomic E-state index is -2.30. The molecule has 2 unspecified atom stereocenters. The van der Waals surface area contributed by atoms with Crippen molar-refractivity contribution in [1.82, 2.24) is 5.32 Å². The lowest BCUT2D eigenvalue weighted by atomic mass is 9.44. The van der Waals surface area contributed by atoms with Crippen molar-refractivity contribution >= 4 is 35.6 Å². The lowest BCUT2D eigenvalue weighted by Crippen LogP contribution is -2.82. The standard InChI is InChI=1S/C47H51NO13/c1-26-33(59-36(52)22-32(29-16-10-7-11-17-29)48-42(54)30-18-12-8-13-19-30)24-47(56)41(60-43(55)31-20-14-9-15-21-31)39-45(6,34(51)23-35-46(39,25-57-35)61-28(3)50)40(53)38(58-27(2)49)37(26)44(47,4)5/h7-21,32-35,38-39,41,51,56H,22-25H2,1-6H3,(H,48,54)/t32-,33+,34+,35-,38-,39?,41?,45-,46+,47-/m1/s1. The number of esters is 4. The number of benzene rings is 3. The molecular formula is C47H51NO13. The number of ether oxygens (including phenoxy) is 5. The first-order valence-electron chi connectivity index (χ1n) is 20.4. The van der Waals surface area contributed by atoms with Gasteiger partial charge in [-0.05, 0) is 54.8 Å². The fourth-order valence-electron chi connectivity index (χ4n) is 10.2. The van der Waals surface area contributed by atoms with Crippen molar-refractivity contribution < 1.29 is 62.7 Å². The van der Waals surface area contributed by atoms with Crippen molar-refractivity contribution in [2.45, 2.75) is 109 Å². The highest BCUT2D eigenvalue weighted by Gasteiger charge is 2.78. The Morgan fingerprint density at radius 2 is 1.43 bits per heavy atom. The highest BCUT2D eigenvalue weighted by molar-refractivity contribution is 5.96. The molecule has 1 heterocycles. The van der Waals surface area contributed by atoms with Crippen LogP contribution in [0.4, 0.5) is 0 Å². The van der Waals surface area contributed by atoms with Crippen molar-refractivity contribution in [2.75, 3.05) is 6.61 Å². The third-order valence-corrected chi connectivity index (χ3v) is 13.4. The summed E-state index contributed by atoms with van der Waals surface area (Å²) in [7, 11) is 0. The summed E-state index contributed by atoms with van der Waals surface area (Å²) in [6.07, 6.45) is -8.30. The Kier molecular flexibility index (Phi) is 11.6. The first kappa shape index (κ1) is 43.4. The van der Waals surface area contributed by atoms with Gasteiger partial charge in [-0.15, -0.1) is 0 Å². The average molecular weight is 838 g/mol. The number of Topliss-reactive ketones (excluding diaryl/α,β-unsaturated/α-hetero) is 1. The second-order valence-corrected chi connectivity index (χ2v) is 17.2. The van der Waals surface area contributed by atoms with E-state index >= 15 is 4.79 Å². The Bertz CT molecular complexity index is 2240. The molecule has 0 radical (unpaired) electrons. The zero-order valence-corrected chi connectivity index (χ0v) is 34.9. The molecule has 322 valence electrons. The van der Waals surface area contributed by atoms with Crippen LogP contribution >= 0.6 is 0 Å². The first-order valence-corrected chi connectivity index (χ1v) is 20.4. The Balaban J connectivity index is 1.37. The number of hydrogen-bond acceptors (Lipinski definition) is 13. The van der Waals surface area contributed by atoms with E-state index < -0.39 is 107 Å². The molecule has 14 heteroatoms. The smallest absolute Gasteiger partial charge is 0.338 e. The fourth-order valence-corrected chi connectivity index (χ4v) is 10.2. The van der Waals surface area contributed by atoms with E-state index in [0.29, 0.717) is 11.1 Å². The van der Waals surface area contributed by atoms with Crippen LogP contribution in [0.15, 0.2) is 102 Å². The maximum Gasteiger partial charge on any atom is 0.338 e. The predicted octanol–water partition coefficient (Wildman–Crippen LogP) is 4.76. The van der Waals surface area contributed by atoms with Gasteiger partial charge >= 0.3 is 23.9 Å². The second kappa shape index (κ2) is 16.3. The van der Waals surface area contributed by atoms with E-state index in [1.807, 2.05) is 0 Å². The molecule has 10 atom stereocenters. The molecule has 61 heavy (non-hydrogen) atoms. The number of amides is 1. The summed E-state index contributed by atoms with van der Waals surface area (Å²) in [5.74, 6) is -6.02. The number of hydrogen-bond donors (Lipinski definition) is 3. The molecule has 0 spiro atoms. The number of aliphatic hydroxyl groups excluding tert-OH is 1. The molecule has 4 aliphatic rings. The summed E-state index contributed by atoms with van der Waals surface area (Å²) in [5, 5.41) is 28.6. The van der Waals surface area contributed by atoms with Gasteiger partial charge in [0.05, 0.1) is 42.1 Å². The molecule has 3 aromatic carbocycles. The quantitative estimate of drug-likeness (QED) is 0.144. The molecule has 3 aromatic rings. The summed E-state index contributed by atoms with van der Waals surface area (Å²) >= 11 is 0. The SMILES string of the molecule is CC(=O)O[C@H]1C(=O)[C@@]2(C)C(C(OC(=O)c3ccccc3)[C@]3(O)C[C@H](OC(=O)C[C@@H](NC(=O)c4ccccc4)c4ccccc4)C(C)=C1C3(C)C)[C@]1(OC(C)=O)CO[C@@H]1C[C@@H]2O. The van der Waals surface area contributed by atoms with Crippen molar-refractivity contribution in [3.63, 3.8) is 0 Å². The second-order valence-electron chi connectivity index (χ2n) is 17.2. The lowest BCUT2D eigenvalue weighted by molar-refractivity contribution is -0.346. The van der Waals surface area contributed by atoms with E-state index in [-0.39, 0.29) is 36.2 Å². The Hall–Kier alpha value is -5.70. The van der Waals surface area contributed by atoms with Gasteiger partial charge in [-0.2, -0.15) is 0 Å². The summed E-state index contributed by atoms with van der Waals surface area (Å²) in [6, 6.07) is 24.4. The summed E-state index contributed by atoms with van der Waals surface area (Å²) < 4.78 is 30.5. The Morgan fingerprint density at radius 3 is 1.98 bits per heavy atom. The molecule has 3 fully saturated rings. The van der Waals surface area contributed by atoms with Gasteiger partial charge in [0.15, 0.2) is 17.5 Å². The molecule has 3 N–H and O–H groups in total. The third-order valence-electron chi connectivity index (χ3n) is 13.4. The number of carbonyl (C=O) groups excluding carboxylic acids is 6. The number of nitrogens with one attached hydrogen (secondary N) is 1. The number of carbonyl (C=O) groups is 6. The van der Waals surface area contributed by atoms with Crippen LogP contribution in [0.2, 0.25) is 0 Å². The highest BCUT2D eigenvalue weighted by atomic mass is 16.6. The van der Waals surface area contributed by atoms with Crippen LogP contribution in [-0.4, -0.2) is 94.1 Å². The molecule has 1 aliphatic heterocycles. The maximum atomic E-state index is 15.5. The Morgan fingerprint density at radius 1 is 0.836 bits per heavy atom. The van der Waals surface area contributed by atoms with Crippen LogP contribution in [-0.2, 0) is 42.9 Å². The van der Waals surface area contributed by atoms with Crippen molar-refractivity contribution in [2.24, 2.45) is 16.7 Å². The van der Waals surface area contributed by atoms with Crippen LogP contribution in [0, 0.1) is 16.7 Å². The van der Waals surface area contributed by atoms with Gasteiger partial charge in [0.25, 0.3) is 5.91 Å². The minimum absolute atomic E-state index is 0.0809. The number of fused-ring (bicyclic) bond motifs is 5. The Labute approximate surface area is 353 Å². The first-order chi connectivity index (χ1) is 28.8. The van der Waals surface area contributed by atoms with Crippen LogP contribution < -0.4 is 5.32 Å². The molecule has 3 aliphatic carbocycles. The molecule has 1 amide bonds. The monoisotopic (exact) mass is 837 g/mol. The number of aliphatic hydroxyl groups is 2. The molecule has 2 saturated carbocycles. The molecular weight excluding hydrogens is 787 g/mol. The maximum absolute atomic E-state index is 15.5. The van der Waals surface area contributed by atoms with Gasteiger partial charge in [0.1, 0.15) is 23.9 Å². The average Bonchev–Trinajstić information content (AvgIpc) is 3.22. The molecule has 2 bridgehead atoms. The van der Waals surface area contributed by atoms with Crippen LogP contribution in [0.5, 0.6) is 0 Å². The van der Waals surface area contributed by atoms with E-state index in [4.69, 9.17) is 23.7 Å².